The fourth-order valence-electron chi connectivity index (χ4n) is 9.26. The number of aliphatic hydroxyl groups excluding tert-OH is 2. The van der Waals surface area contributed by atoms with E-state index in [1.807, 2.05) is 0 Å². The molecule has 0 aromatic carbocycles. The van der Waals surface area contributed by atoms with E-state index >= 15 is 0 Å². The van der Waals surface area contributed by atoms with Crippen molar-refractivity contribution in [1.29, 1.82) is 0 Å². The molecule has 0 aliphatic rings. The highest BCUT2D eigenvalue weighted by atomic mass is 16.5. The maximum Gasteiger partial charge on any atom is 0.306 e. The molecule has 0 saturated heterocycles. The van der Waals surface area contributed by atoms with Gasteiger partial charge in [0, 0.05) is 6.42 Å². The van der Waals surface area contributed by atoms with Gasteiger partial charge in [0.25, 0.3) is 0 Å². The van der Waals surface area contributed by atoms with Gasteiger partial charge in [0.2, 0.25) is 5.91 Å². The molecule has 6 heteroatoms. The first-order valence-corrected chi connectivity index (χ1v) is 29.7. The highest BCUT2D eigenvalue weighted by Crippen LogP contribution is 2.19. The summed E-state index contributed by atoms with van der Waals surface area (Å²) in [4.78, 5) is 26.3. The lowest BCUT2D eigenvalue weighted by Crippen LogP contribution is -2.46. The van der Waals surface area contributed by atoms with E-state index in [0.29, 0.717) is 19.3 Å². The molecule has 0 radical (unpaired) electrons. The van der Waals surface area contributed by atoms with Crippen LogP contribution in [0.25, 0.3) is 0 Å². The van der Waals surface area contributed by atoms with Crippen LogP contribution in [0.3, 0.4) is 0 Å². The maximum atomic E-state index is 13.3. The Balaban J connectivity index is 4.57. The molecule has 0 saturated carbocycles. The molecule has 0 heterocycles. The SMILES string of the molecule is CCCCCCC/C=C/C=C/C=C/CCCCCC(CC(=O)NC(CO)C(O)CCCCCCCCCCCCCCCC)OC(=O)CCCCCCCCCCCCCCCCCCCC. The molecule has 0 bridgehead atoms. The Morgan fingerprint density at radius 1 is 0.433 bits per heavy atom. The summed E-state index contributed by atoms with van der Waals surface area (Å²) in [6, 6.07) is -0.711. The van der Waals surface area contributed by atoms with E-state index in [1.165, 1.54) is 199 Å². The minimum Gasteiger partial charge on any atom is -0.462 e. The fourth-order valence-corrected chi connectivity index (χ4v) is 9.26. The number of hydrogen-bond acceptors (Lipinski definition) is 5. The van der Waals surface area contributed by atoms with Gasteiger partial charge in [-0.3, -0.25) is 9.59 Å². The van der Waals surface area contributed by atoms with Crippen LogP contribution in [0.2, 0.25) is 0 Å². The molecule has 3 atom stereocenters. The van der Waals surface area contributed by atoms with Crippen molar-refractivity contribution in [2.24, 2.45) is 0 Å². The standard InChI is InChI=1S/C61H115NO5/c1-4-7-10-13-16-19-22-25-28-30-31-33-36-39-42-45-48-51-54-61(66)67-57(52-49-46-43-40-37-34-32-29-26-23-20-17-14-11-8-5-2)55-60(65)62-58(56-63)59(64)53-50-47-44-41-38-35-27-24-21-18-15-12-9-6-3/h23,26,29,32,34,37,57-59,63-64H,4-22,24-25,27-28,30-31,33,35-36,38-56H2,1-3H3,(H,62,65)/b26-23+,32-29+,37-34+. The number of carbonyl (C=O) groups is 2. The second-order valence-corrected chi connectivity index (χ2v) is 20.5. The van der Waals surface area contributed by atoms with Crippen molar-refractivity contribution in [2.75, 3.05) is 6.61 Å². The first-order chi connectivity index (χ1) is 33.0. The Morgan fingerprint density at radius 2 is 0.761 bits per heavy atom. The minimum absolute atomic E-state index is 0.0594. The van der Waals surface area contributed by atoms with Crippen molar-refractivity contribution in [1.82, 2.24) is 5.32 Å². The summed E-state index contributed by atoms with van der Waals surface area (Å²) >= 11 is 0. The van der Waals surface area contributed by atoms with Gasteiger partial charge >= 0.3 is 5.97 Å². The normalized spacial score (nSPS) is 13.3. The van der Waals surface area contributed by atoms with E-state index in [0.717, 1.165) is 70.6 Å². The monoisotopic (exact) mass is 942 g/mol. The smallest absolute Gasteiger partial charge is 0.306 e. The molecule has 394 valence electrons. The van der Waals surface area contributed by atoms with Crippen LogP contribution in [0, 0.1) is 0 Å². The number of nitrogens with one attached hydrogen (secondary N) is 1. The Labute approximate surface area is 417 Å². The molecule has 6 nitrogen and oxygen atoms in total. The number of amides is 1. The highest BCUT2D eigenvalue weighted by Gasteiger charge is 2.24. The van der Waals surface area contributed by atoms with Crippen molar-refractivity contribution in [3.05, 3.63) is 36.5 Å². The van der Waals surface area contributed by atoms with Gasteiger partial charge in [-0.1, -0.05) is 288 Å². The average Bonchev–Trinajstić information content (AvgIpc) is 3.32. The van der Waals surface area contributed by atoms with Gasteiger partial charge in [-0.2, -0.15) is 0 Å². The molecule has 1 amide bonds. The van der Waals surface area contributed by atoms with Crippen molar-refractivity contribution in [3.63, 3.8) is 0 Å². The average molecular weight is 943 g/mol. The Kier molecular flexibility index (Phi) is 53.4. The molecule has 0 spiro atoms. The van der Waals surface area contributed by atoms with Gasteiger partial charge in [0.1, 0.15) is 6.10 Å². The summed E-state index contributed by atoms with van der Waals surface area (Å²) in [5, 5.41) is 23.9. The van der Waals surface area contributed by atoms with E-state index in [1.54, 1.807) is 0 Å². The molecule has 3 N–H and O–H groups in total. The molecule has 0 rings (SSSR count). The van der Waals surface area contributed by atoms with Gasteiger partial charge in [-0.15, -0.1) is 0 Å². The quantitative estimate of drug-likeness (QED) is 0.0321. The molecule has 0 aliphatic carbocycles. The van der Waals surface area contributed by atoms with Gasteiger partial charge in [0.15, 0.2) is 0 Å². The summed E-state index contributed by atoms with van der Waals surface area (Å²) in [5.74, 6) is -0.489. The largest absolute Gasteiger partial charge is 0.462 e. The summed E-state index contributed by atoms with van der Waals surface area (Å²) in [6.07, 6.45) is 66.4. The van der Waals surface area contributed by atoms with Gasteiger partial charge in [-0.05, 0) is 51.4 Å². The van der Waals surface area contributed by atoms with Crippen LogP contribution < -0.4 is 5.32 Å². The van der Waals surface area contributed by atoms with Crippen molar-refractivity contribution >= 4 is 11.9 Å². The van der Waals surface area contributed by atoms with Crippen LogP contribution in [0.4, 0.5) is 0 Å². The first-order valence-electron chi connectivity index (χ1n) is 29.7. The molecule has 0 aliphatic heterocycles. The Bertz CT molecular complexity index is 1100. The second-order valence-electron chi connectivity index (χ2n) is 20.5. The molecule has 67 heavy (non-hydrogen) atoms. The number of ether oxygens (including phenoxy) is 1. The van der Waals surface area contributed by atoms with Crippen LogP contribution in [0.15, 0.2) is 36.5 Å². The van der Waals surface area contributed by atoms with E-state index in [4.69, 9.17) is 4.74 Å². The lowest BCUT2D eigenvalue weighted by atomic mass is 10.0. The van der Waals surface area contributed by atoms with Gasteiger partial charge < -0.3 is 20.3 Å². The number of unbranched alkanes of at least 4 members (excludes halogenated alkanes) is 38. The third-order valence-electron chi connectivity index (χ3n) is 13.8. The predicted molar refractivity (Wildman–Crippen MR) is 292 cm³/mol. The Hall–Kier alpha value is -1.92. The Morgan fingerprint density at radius 3 is 1.15 bits per heavy atom. The molecule has 0 fully saturated rings. The predicted octanol–water partition coefficient (Wildman–Crippen LogP) is 18.4. The summed E-state index contributed by atoms with van der Waals surface area (Å²) < 4.78 is 5.96. The van der Waals surface area contributed by atoms with E-state index in [9.17, 15) is 19.8 Å². The maximum absolute atomic E-state index is 13.3. The van der Waals surface area contributed by atoms with E-state index in [2.05, 4.69) is 62.5 Å². The summed E-state index contributed by atoms with van der Waals surface area (Å²) in [6.45, 7) is 6.50. The summed E-state index contributed by atoms with van der Waals surface area (Å²) in [5.41, 5.74) is 0. The van der Waals surface area contributed by atoms with Gasteiger partial charge in [0.05, 0.1) is 25.2 Å². The minimum atomic E-state index is -0.795. The molecule has 3 unspecified atom stereocenters. The second kappa shape index (κ2) is 55.0. The molecule has 0 aromatic heterocycles. The lowest BCUT2D eigenvalue weighted by Gasteiger charge is -2.24. The number of rotatable bonds is 54. The van der Waals surface area contributed by atoms with Crippen LogP contribution >= 0.6 is 0 Å². The number of esters is 1. The number of carbonyl (C=O) groups excluding carboxylic acids is 2. The van der Waals surface area contributed by atoms with Gasteiger partial charge in [-0.25, -0.2) is 0 Å². The molecular formula is C61H115NO5. The summed E-state index contributed by atoms with van der Waals surface area (Å²) in [7, 11) is 0. The number of aliphatic hydroxyl groups is 2. The van der Waals surface area contributed by atoms with Crippen LogP contribution in [-0.4, -0.2) is 46.9 Å². The zero-order valence-electron chi connectivity index (χ0n) is 45.0. The third kappa shape index (κ3) is 50.3. The van der Waals surface area contributed by atoms with Crippen molar-refractivity contribution in [3.8, 4) is 0 Å². The zero-order chi connectivity index (χ0) is 48.8. The van der Waals surface area contributed by atoms with Crippen LogP contribution in [-0.2, 0) is 14.3 Å². The number of hydrogen-bond donors (Lipinski definition) is 3. The fraction of sp³-hybridized carbons (Fsp3) is 0.869. The van der Waals surface area contributed by atoms with Crippen LogP contribution in [0.5, 0.6) is 0 Å². The van der Waals surface area contributed by atoms with Crippen LogP contribution in [0.1, 0.15) is 316 Å². The highest BCUT2D eigenvalue weighted by molar-refractivity contribution is 5.77. The topological polar surface area (TPSA) is 95.9 Å². The third-order valence-corrected chi connectivity index (χ3v) is 13.8. The first kappa shape index (κ1) is 65.1. The van der Waals surface area contributed by atoms with Crippen molar-refractivity contribution in [2.45, 2.75) is 334 Å². The van der Waals surface area contributed by atoms with E-state index < -0.39 is 18.2 Å². The molecular weight excluding hydrogens is 827 g/mol. The number of allylic oxidation sites excluding steroid dienone is 6. The zero-order valence-corrected chi connectivity index (χ0v) is 45.0. The molecule has 0 aromatic rings. The lowest BCUT2D eigenvalue weighted by molar-refractivity contribution is -0.151. The van der Waals surface area contributed by atoms with Crippen molar-refractivity contribution < 1.29 is 24.5 Å². The van der Waals surface area contributed by atoms with E-state index in [-0.39, 0.29) is 24.9 Å².